The summed E-state index contributed by atoms with van der Waals surface area (Å²) in [6.45, 7) is 1.17. The van der Waals surface area contributed by atoms with Crippen molar-refractivity contribution < 1.29 is 13.2 Å². The smallest absolute Gasteiger partial charge is 0.248 e. The number of primary amides is 1. The lowest BCUT2D eigenvalue weighted by Gasteiger charge is -2.19. The number of carbonyl (C=O) groups is 1. The fraction of sp³-hybridized carbons (Fsp3) is 0.462. The van der Waals surface area contributed by atoms with E-state index >= 15 is 0 Å². The van der Waals surface area contributed by atoms with Crippen molar-refractivity contribution in [1.29, 1.82) is 0 Å². The second-order valence-electron chi connectivity index (χ2n) is 5.10. The number of nitrogen functional groups attached to an aromatic ring is 1. The summed E-state index contributed by atoms with van der Waals surface area (Å²) in [6.07, 6.45) is 0.710. The molecule has 1 rings (SSSR count). The summed E-state index contributed by atoms with van der Waals surface area (Å²) in [6, 6.07) is 3.95. The largest absolute Gasteiger partial charge is 0.398 e. The molecule has 7 nitrogen and oxygen atoms in total. The topological polar surface area (TPSA) is 110 Å². The normalized spacial score (nSPS) is 12.0. The molecule has 0 heterocycles. The van der Waals surface area contributed by atoms with Crippen LogP contribution in [0, 0.1) is 0 Å². The molecule has 0 saturated carbocycles. The molecule has 1 aromatic rings. The van der Waals surface area contributed by atoms with Gasteiger partial charge in [0.15, 0.2) is 0 Å². The number of hydrogen-bond acceptors (Lipinski definition) is 5. The molecule has 4 N–H and O–H groups in total. The summed E-state index contributed by atoms with van der Waals surface area (Å²) in [5.74, 6) is -0.648. The average molecular weight is 314 g/mol. The highest BCUT2D eigenvalue weighted by Gasteiger charge is 2.23. The molecule has 21 heavy (non-hydrogen) atoms. The van der Waals surface area contributed by atoms with Crippen molar-refractivity contribution in [2.45, 2.75) is 11.3 Å². The van der Waals surface area contributed by atoms with Crippen LogP contribution in [0.1, 0.15) is 16.8 Å². The van der Waals surface area contributed by atoms with Crippen molar-refractivity contribution in [3.8, 4) is 0 Å². The van der Waals surface area contributed by atoms with Crippen LogP contribution in [0.2, 0.25) is 0 Å². The van der Waals surface area contributed by atoms with Crippen molar-refractivity contribution in [3.63, 3.8) is 0 Å². The SMILES string of the molecule is CN(C)CCCN(C)S(=O)(=O)c1ccc(C(N)=O)cc1N. The number of sulfonamides is 1. The molecular formula is C13H22N4O3S. The van der Waals surface area contributed by atoms with Gasteiger partial charge in [-0.1, -0.05) is 0 Å². The Hall–Kier alpha value is -1.64. The molecule has 0 aromatic heterocycles. The maximum Gasteiger partial charge on any atom is 0.248 e. The molecule has 1 aromatic carbocycles. The molecule has 1 amide bonds. The van der Waals surface area contributed by atoms with Gasteiger partial charge in [0, 0.05) is 19.2 Å². The lowest BCUT2D eigenvalue weighted by atomic mass is 10.2. The Balaban J connectivity index is 2.94. The monoisotopic (exact) mass is 314 g/mol. The van der Waals surface area contributed by atoms with E-state index in [1.54, 1.807) is 0 Å². The van der Waals surface area contributed by atoms with Crippen LogP contribution in [0.3, 0.4) is 0 Å². The molecule has 0 spiro atoms. The summed E-state index contributed by atoms with van der Waals surface area (Å²) >= 11 is 0. The van der Waals surface area contributed by atoms with Crippen molar-refractivity contribution in [3.05, 3.63) is 23.8 Å². The van der Waals surface area contributed by atoms with E-state index in [2.05, 4.69) is 0 Å². The Morgan fingerprint density at radius 2 is 1.81 bits per heavy atom. The summed E-state index contributed by atoms with van der Waals surface area (Å²) in [4.78, 5) is 13.0. The molecule has 0 saturated heterocycles. The quantitative estimate of drug-likeness (QED) is 0.685. The van der Waals surface area contributed by atoms with Gasteiger partial charge < -0.3 is 16.4 Å². The molecule has 0 unspecified atom stereocenters. The molecule has 0 radical (unpaired) electrons. The lowest BCUT2D eigenvalue weighted by molar-refractivity contribution is 0.1000. The van der Waals surface area contributed by atoms with E-state index in [1.165, 1.54) is 29.6 Å². The van der Waals surface area contributed by atoms with Crippen molar-refractivity contribution in [2.24, 2.45) is 5.73 Å². The fourth-order valence-corrected chi connectivity index (χ4v) is 3.14. The van der Waals surface area contributed by atoms with Gasteiger partial charge in [-0.25, -0.2) is 12.7 Å². The van der Waals surface area contributed by atoms with E-state index in [1.807, 2.05) is 19.0 Å². The number of rotatable bonds is 7. The molecule has 0 fully saturated rings. The number of nitrogens with zero attached hydrogens (tertiary/aromatic N) is 2. The highest BCUT2D eigenvalue weighted by Crippen LogP contribution is 2.22. The minimum absolute atomic E-state index is 0.0140. The van der Waals surface area contributed by atoms with E-state index in [4.69, 9.17) is 11.5 Å². The van der Waals surface area contributed by atoms with Gasteiger partial charge in [0.1, 0.15) is 4.90 Å². The van der Waals surface area contributed by atoms with Gasteiger partial charge in [-0.05, 0) is 45.3 Å². The first-order chi connectivity index (χ1) is 9.66. The van der Waals surface area contributed by atoms with E-state index in [0.29, 0.717) is 13.0 Å². The molecular weight excluding hydrogens is 292 g/mol. The Labute approximate surface area is 125 Å². The molecule has 0 aliphatic heterocycles. The number of benzene rings is 1. The first-order valence-electron chi connectivity index (χ1n) is 6.46. The van der Waals surface area contributed by atoms with Gasteiger partial charge in [-0.3, -0.25) is 4.79 Å². The second kappa shape index (κ2) is 6.88. The summed E-state index contributed by atoms with van der Waals surface area (Å²) in [5.41, 5.74) is 11.1. The molecule has 8 heteroatoms. The van der Waals surface area contributed by atoms with E-state index in [9.17, 15) is 13.2 Å². The zero-order chi connectivity index (χ0) is 16.2. The zero-order valence-corrected chi connectivity index (χ0v) is 13.4. The van der Waals surface area contributed by atoms with Gasteiger partial charge in [0.2, 0.25) is 15.9 Å². The second-order valence-corrected chi connectivity index (χ2v) is 7.11. The Morgan fingerprint density at radius 1 is 1.19 bits per heavy atom. The number of carbonyl (C=O) groups excluding carboxylic acids is 1. The maximum absolute atomic E-state index is 12.4. The summed E-state index contributed by atoms with van der Waals surface area (Å²) in [7, 11) is 1.69. The molecule has 0 bridgehead atoms. The standard InChI is InChI=1S/C13H22N4O3S/c1-16(2)7-4-8-17(3)21(19,20)12-6-5-10(13(15)18)9-11(12)14/h5-6,9H,4,7-8,14H2,1-3H3,(H2,15,18). The van der Waals surface area contributed by atoms with Crippen LogP contribution in [0.25, 0.3) is 0 Å². The lowest BCUT2D eigenvalue weighted by Crippen LogP contribution is -2.30. The van der Waals surface area contributed by atoms with Gasteiger partial charge >= 0.3 is 0 Å². The Morgan fingerprint density at radius 3 is 2.29 bits per heavy atom. The van der Waals surface area contributed by atoms with Crippen LogP contribution in [0.4, 0.5) is 5.69 Å². The van der Waals surface area contributed by atoms with Gasteiger partial charge in [-0.15, -0.1) is 0 Å². The first kappa shape index (κ1) is 17.4. The predicted molar refractivity (Wildman–Crippen MR) is 82.4 cm³/mol. The van der Waals surface area contributed by atoms with Crippen LogP contribution in [0.15, 0.2) is 23.1 Å². The molecule has 0 aliphatic rings. The molecule has 0 aliphatic carbocycles. The number of amides is 1. The van der Waals surface area contributed by atoms with Crippen molar-refractivity contribution in [1.82, 2.24) is 9.21 Å². The minimum Gasteiger partial charge on any atom is -0.398 e. The van der Waals surface area contributed by atoms with Crippen LogP contribution >= 0.6 is 0 Å². The fourth-order valence-electron chi connectivity index (χ4n) is 1.83. The van der Waals surface area contributed by atoms with E-state index in [-0.39, 0.29) is 16.1 Å². The number of anilines is 1. The number of nitrogens with two attached hydrogens (primary N) is 2. The molecule has 0 atom stereocenters. The summed E-state index contributed by atoms with van der Waals surface area (Å²) in [5, 5.41) is 0. The van der Waals surface area contributed by atoms with Gasteiger partial charge in [0.25, 0.3) is 0 Å². The highest BCUT2D eigenvalue weighted by atomic mass is 32.2. The third kappa shape index (κ3) is 4.42. The average Bonchev–Trinajstić information content (AvgIpc) is 2.37. The third-order valence-corrected chi connectivity index (χ3v) is 4.99. The van der Waals surface area contributed by atoms with E-state index < -0.39 is 15.9 Å². The van der Waals surface area contributed by atoms with Crippen LogP contribution < -0.4 is 11.5 Å². The number of hydrogen-bond donors (Lipinski definition) is 2. The Bertz CT molecular complexity index is 614. The van der Waals surface area contributed by atoms with Crippen LogP contribution in [-0.4, -0.2) is 57.8 Å². The third-order valence-electron chi connectivity index (χ3n) is 3.06. The van der Waals surface area contributed by atoms with E-state index in [0.717, 1.165) is 6.54 Å². The van der Waals surface area contributed by atoms with Crippen molar-refractivity contribution in [2.75, 3.05) is 40.0 Å². The van der Waals surface area contributed by atoms with Gasteiger partial charge in [-0.2, -0.15) is 0 Å². The van der Waals surface area contributed by atoms with Crippen molar-refractivity contribution >= 4 is 21.6 Å². The zero-order valence-electron chi connectivity index (χ0n) is 12.5. The van der Waals surface area contributed by atoms with Crippen LogP contribution in [0.5, 0.6) is 0 Å². The Kier molecular flexibility index (Phi) is 5.70. The van der Waals surface area contributed by atoms with Gasteiger partial charge in [0.05, 0.1) is 5.69 Å². The minimum atomic E-state index is -3.67. The first-order valence-corrected chi connectivity index (χ1v) is 7.90. The predicted octanol–water partition coefficient (Wildman–Crippen LogP) is -0.0601. The summed E-state index contributed by atoms with van der Waals surface area (Å²) < 4.78 is 26.1. The van der Waals surface area contributed by atoms with Crippen LogP contribution in [-0.2, 0) is 10.0 Å². The highest BCUT2D eigenvalue weighted by molar-refractivity contribution is 7.89. The maximum atomic E-state index is 12.4. The molecule has 118 valence electrons.